The molecule has 0 amide bonds. The van der Waals surface area contributed by atoms with Crippen LogP contribution in [0.5, 0.6) is 0 Å². The van der Waals surface area contributed by atoms with Gasteiger partial charge in [0.15, 0.2) is 0 Å². The first kappa shape index (κ1) is 23.7. The topological polar surface area (TPSA) is 74.6 Å². The van der Waals surface area contributed by atoms with Gasteiger partial charge in [-0.05, 0) is 30.1 Å². The van der Waals surface area contributed by atoms with Crippen molar-refractivity contribution in [3.63, 3.8) is 0 Å². The van der Waals surface area contributed by atoms with Crippen LogP contribution in [0.2, 0.25) is 0 Å². The fraction of sp³-hybridized carbons (Fsp3) is 0.538. The monoisotopic (exact) mass is 412 g/mol. The predicted molar refractivity (Wildman–Crippen MR) is 82.3 cm³/mol. The van der Waals surface area contributed by atoms with Crippen LogP contribution in [0.4, 0.5) is 26.3 Å². The largest absolute Gasteiger partial charge is 0.478 e. The van der Waals surface area contributed by atoms with E-state index in [1.165, 1.54) is 0 Å². The minimum absolute atomic E-state index is 0.0462. The molecule has 0 bridgehead atoms. The number of carboxylic acid groups (broad SMARTS) is 2. The maximum absolute atomic E-state index is 12.0. The van der Waals surface area contributed by atoms with Gasteiger partial charge >= 0.3 is 24.3 Å². The van der Waals surface area contributed by atoms with Gasteiger partial charge in [0.25, 0.3) is 0 Å². The van der Waals surface area contributed by atoms with Gasteiger partial charge in [-0.15, -0.1) is 23.5 Å². The van der Waals surface area contributed by atoms with Gasteiger partial charge < -0.3 is 10.2 Å². The van der Waals surface area contributed by atoms with E-state index in [0.29, 0.717) is 0 Å². The molecule has 0 heterocycles. The summed E-state index contributed by atoms with van der Waals surface area (Å²) in [4.78, 5) is 21.8. The number of hydrogen-bond acceptors (Lipinski definition) is 4. The lowest BCUT2D eigenvalue weighted by Crippen LogP contribution is -2.10. The first-order valence-corrected chi connectivity index (χ1v) is 8.63. The Kier molecular flexibility index (Phi) is 10.1. The Morgan fingerprint density at radius 2 is 1.08 bits per heavy atom. The summed E-state index contributed by atoms with van der Waals surface area (Å²) in [5.41, 5.74) is -0.663. The predicted octanol–water partition coefficient (Wildman–Crippen LogP) is 4.68. The van der Waals surface area contributed by atoms with Gasteiger partial charge in [0.1, 0.15) is 0 Å². The molecule has 0 aliphatic carbocycles. The van der Waals surface area contributed by atoms with Gasteiger partial charge in [-0.3, -0.25) is 0 Å². The molecule has 0 aromatic carbocycles. The second-order valence-corrected chi connectivity index (χ2v) is 6.32. The third-order valence-corrected chi connectivity index (χ3v) is 4.28. The van der Waals surface area contributed by atoms with E-state index in [1.54, 1.807) is 0 Å². The van der Waals surface area contributed by atoms with E-state index in [0.717, 1.165) is 10.8 Å². The summed E-state index contributed by atoms with van der Waals surface area (Å²) in [5.74, 6) is -5.42. The highest BCUT2D eigenvalue weighted by molar-refractivity contribution is 8.02. The zero-order chi connectivity index (χ0) is 19.7. The van der Waals surface area contributed by atoms with Crippen LogP contribution in [0.3, 0.4) is 0 Å². The zero-order valence-electron chi connectivity index (χ0n) is 12.5. The van der Waals surface area contributed by atoms with Gasteiger partial charge in [0.05, 0.1) is 11.5 Å². The van der Waals surface area contributed by atoms with E-state index < -0.39 is 35.8 Å². The van der Waals surface area contributed by atoms with E-state index >= 15 is 0 Å². The molecule has 25 heavy (non-hydrogen) atoms. The van der Waals surface area contributed by atoms with Crippen LogP contribution in [0.25, 0.3) is 0 Å². The average Bonchev–Trinajstić information content (AvgIpc) is 2.40. The van der Waals surface area contributed by atoms with Crippen molar-refractivity contribution >= 4 is 35.5 Å². The summed E-state index contributed by atoms with van der Waals surface area (Å²) in [5, 5.41) is 19.4. The summed E-state index contributed by atoms with van der Waals surface area (Å²) in [6.07, 6.45) is -9.39. The van der Waals surface area contributed by atoms with E-state index in [-0.39, 0.29) is 53.9 Å². The van der Waals surface area contributed by atoms with Crippen LogP contribution in [0.15, 0.2) is 22.0 Å². The van der Waals surface area contributed by atoms with Crippen LogP contribution in [0.1, 0.15) is 19.3 Å². The lowest BCUT2D eigenvalue weighted by atomic mass is 10.1. The number of carboxylic acids is 2. The maximum atomic E-state index is 12.0. The fourth-order valence-electron chi connectivity index (χ4n) is 1.38. The minimum Gasteiger partial charge on any atom is -0.478 e. The second-order valence-electron chi connectivity index (χ2n) is 4.60. The lowest BCUT2D eigenvalue weighted by Gasteiger charge is -2.06. The van der Waals surface area contributed by atoms with E-state index in [1.807, 2.05) is 0 Å². The summed E-state index contributed by atoms with van der Waals surface area (Å²) < 4.78 is 72.0. The van der Waals surface area contributed by atoms with Crippen molar-refractivity contribution in [2.24, 2.45) is 0 Å². The van der Waals surface area contributed by atoms with Gasteiger partial charge in [0, 0.05) is 11.1 Å². The Bertz CT molecular complexity index is 480. The van der Waals surface area contributed by atoms with Crippen molar-refractivity contribution in [1.82, 2.24) is 0 Å². The Morgan fingerprint density at radius 1 is 0.760 bits per heavy atom. The van der Waals surface area contributed by atoms with Crippen molar-refractivity contribution < 1.29 is 46.1 Å². The Labute approximate surface area is 147 Å². The molecule has 12 heteroatoms. The molecule has 0 radical (unpaired) electrons. The Balaban J connectivity index is 4.61. The van der Waals surface area contributed by atoms with Crippen molar-refractivity contribution in [2.45, 2.75) is 31.6 Å². The average molecular weight is 412 g/mol. The molecule has 144 valence electrons. The molecule has 0 aromatic heterocycles. The number of thioether (sulfide) groups is 2. The number of aliphatic carboxylic acids is 2. The van der Waals surface area contributed by atoms with Gasteiger partial charge in [-0.1, -0.05) is 0 Å². The number of alkyl halides is 6. The van der Waals surface area contributed by atoms with Crippen LogP contribution < -0.4 is 0 Å². The first-order valence-electron chi connectivity index (χ1n) is 6.53. The third kappa shape index (κ3) is 13.6. The summed E-state index contributed by atoms with van der Waals surface area (Å²) >= 11 is 0.501. The van der Waals surface area contributed by atoms with E-state index in [9.17, 15) is 35.9 Å². The normalized spacial score (nSPS) is 13.8. The quantitative estimate of drug-likeness (QED) is 0.401. The molecule has 0 saturated heterocycles. The van der Waals surface area contributed by atoms with Crippen molar-refractivity contribution in [1.29, 1.82) is 0 Å². The molecule has 0 atom stereocenters. The van der Waals surface area contributed by atoms with Crippen molar-refractivity contribution in [3.8, 4) is 0 Å². The number of rotatable bonds is 10. The molecule has 0 aliphatic rings. The van der Waals surface area contributed by atoms with E-state index in [2.05, 4.69) is 0 Å². The zero-order valence-corrected chi connectivity index (χ0v) is 14.1. The minimum atomic E-state index is -4.46. The van der Waals surface area contributed by atoms with Gasteiger partial charge in [-0.2, -0.15) is 26.3 Å². The molecule has 0 spiro atoms. The lowest BCUT2D eigenvalue weighted by molar-refractivity contribution is -0.133. The molecular formula is C13H14F6O4S2. The fourth-order valence-corrected chi connectivity index (χ4v) is 2.76. The van der Waals surface area contributed by atoms with Crippen LogP contribution in [0, 0.1) is 0 Å². The highest BCUT2D eigenvalue weighted by atomic mass is 32.2. The summed E-state index contributed by atoms with van der Waals surface area (Å²) in [6.45, 7) is 0. The molecule has 0 aliphatic heterocycles. The molecule has 0 unspecified atom stereocenters. The Hall–Kier alpha value is -1.30. The molecule has 0 fully saturated rings. The number of hydrogen-bond donors (Lipinski definition) is 2. The maximum Gasteiger partial charge on any atom is 0.398 e. The Morgan fingerprint density at radius 3 is 1.32 bits per heavy atom. The molecule has 2 N–H and O–H groups in total. The first-order chi connectivity index (χ1) is 11.3. The summed E-state index contributed by atoms with van der Waals surface area (Å²) in [6, 6.07) is 0. The highest BCUT2D eigenvalue weighted by Gasteiger charge is 2.27. The molecular weight excluding hydrogens is 398 g/mol. The van der Waals surface area contributed by atoms with Gasteiger partial charge in [-0.25, -0.2) is 9.59 Å². The second kappa shape index (κ2) is 10.6. The standard InChI is InChI=1S/C13H14F6O4S2/c14-12(15,16)6-24-4-8(10(20)21)2-1-3-9(11(22)23)5-25-7-13(17,18)19/h4-5H,1-3,6-7H2,(H,20,21)(H,22,23). The molecule has 0 aromatic rings. The van der Waals surface area contributed by atoms with Crippen molar-refractivity contribution in [3.05, 3.63) is 22.0 Å². The highest BCUT2D eigenvalue weighted by Crippen LogP contribution is 2.26. The van der Waals surface area contributed by atoms with Crippen LogP contribution in [-0.2, 0) is 9.59 Å². The van der Waals surface area contributed by atoms with Crippen LogP contribution in [-0.4, -0.2) is 46.0 Å². The van der Waals surface area contributed by atoms with Crippen molar-refractivity contribution in [2.75, 3.05) is 11.5 Å². The third-order valence-electron chi connectivity index (χ3n) is 2.39. The molecule has 4 nitrogen and oxygen atoms in total. The van der Waals surface area contributed by atoms with E-state index in [4.69, 9.17) is 10.2 Å². The molecule has 0 saturated carbocycles. The number of carbonyl (C=O) groups is 2. The van der Waals surface area contributed by atoms with Gasteiger partial charge in [0.2, 0.25) is 0 Å². The summed E-state index contributed by atoms with van der Waals surface area (Å²) in [7, 11) is 0. The smallest absolute Gasteiger partial charge is 0.398 e. The number of halogens is 6. The molecule has 0 rings (SSSR count). The SMILES string of the molecule is O=C(O)C(=CSCC(F)(F)F)CCCC(=CSCC(F)(F)F)C(=O)O. The van der Waals surface area contributed by atoms with Crippen LogP contribution >= 0.6 is 23.5 Å².